The first-order valence-electron chi connectivity index (χ1n) is 9.31. The Balaban J connectivity index is 1.40. The molecule has 4 saturated carbocycles. The van der Waals surface area contributed by atoms with E-state index >= 15 is 0 Å². The molecule has 0 radical (unpaired) electrons. The van der Waals surface area contributed by atoms with Crippen molar-refractivity contribution >= 4 is 21.8 Å². The summed E-state index contributed by atoms with van der Waals surface area (Å²) in [6.45, 7) is 0.499. The molecule has 8 heteroatoms. The molecule has 1 amide bonds. The Bertz CT molecular complexity index is 843. The van der Waals surface area contributed by atoms with E-state index in [0.29, 0.717) is 23.1 Å². The maximum Gasteiger partial charge on any atom is 0.226 e. The Morgan fingerprint density at radius 2 is 2.08 bits per heavy atom. The van der Waals surface area contributed by atoms with E-state index in [1.807, 2.05) is 30.3 Å². The van der Waals surface area contributed by atoms with Crippen molar-refractivity contribution in [1.29, 1.82) is 0 Å². The maximum atomic E-state index is 13.3. The molecule has 0 aliphatic heterocycles. The second-order valence-electron chi connectivity index (χ2n) is 8.59. The summed E-state index contributed by atoms with van der Waals surface area (Å²) in [4.78, 5) is 17.5. The molecule has 7 nitrogen and oxygen atoms in total. The van der Waals surface area contributed by atoms with Gasteiger partial charge >= 0.3 is 0 Å². The zero-order chi connectivity index (χ0) is 17.9. The standard InChI is InChI=1S/C18H23BrN6O/c1-24-3-2-14(22-24)9-20-15(26)17-5-12-4-13(6-17)8-18(7-12,10-17)25-11-21-16(19)23-25/h2-3,11-13H,4-10H2,1H3,(H,20,26). The second kappa shape index (κ2) is 5.65. The Morgan fingerprint density at radius 3 is 2.69 bits per heavy atom. The SMILES string of the molecule is Cn1ccc(CNC(=O)C23CC4CC(C2)CC(n2cnc(Br)n2)(C4)C3)n1. The average molecular weight is 419 g/mol. The fraction of sp³-hybridized carbons (Fsp3) is 0.667. The summed E-state index contributed by atoms with van der Waals surface area (Å²) in [5.74, 6) is 1.42. The lowest BCUT2D eigenvalue weighted by Gasteiger charge is -2.60. The van der Waals surface area contributed by atoms with E-state index in [1.165, 1.54) is 6.42 Å². The molecule has 4 aliphatic carbocycles. The van der Waals surface area contributed by atoms with Crippen molar-refractivity contribution in [2.24, 2.45) is 24.3 Å². The lowest BCUT2D eigenvalue weighted by atomic mass is 9.46. The third-order valence-corrected chi connectivity index (χ3v) is 7.02. The molecule has 2 aromatic rings. The molecule has 0 saturated heterocycles. The number of aryl methyl sites for hydroxylation is 1. The number of hydrogen-bond acceptors (Lipinski definition) is 4. The van der Waals surface area contributed by atoms with E-state index < -0.39 is 0 Å². The summed E-state index contributed by atoms with van der Waals surface area (Å²) in [6.07, 6.45) is 10.1. The molecule has 0 aromatic carbocycles. The smallest absolute Gasteiger partial charge is 0.226 e. The van der Waals surface area contributed by atoms with Crippen LogP contribution in [-0.4, -0.2) is 30.5 Å². The molecule has 4 fully saturated rings. The van der Waals surface area contributed by atoms with Crippen LogP contribution in [0, 0.1) is 17.3 Å². The van der Waals surface area contributed by atoms with Crippen molar-refractivity contribution in [2.75, 3.05) is 0 Å². The summed E-state index contributed by atoms with van der Waals surface area (Å²) in [5, 5.41) is 12.1. The van der Waals surface area contributed by atoms with Gasteiger partial charge in [0.1, 0.15) is 6.33 Å². The van der Waals surface area contributed by atoms with Gasteiger partial charge in [0.05, 0.1) is 23.2 Å². The number of carbonyl (C=O) groups is 1. The van der Waals surface area contributed by atoms with Crippen LogP contribution in [0.25, 0.3) is 0 Å². The van der Waals surface area contributed by atoms with E-state index in [4.69, 9.17) is 0 Å². The number of rotatable bonds is 4. The highest BCUT2D eigenvalue weighted by molar-refractivity contribution is 9.10. The van der Waals surface area contributed by atoms with Crippen molar-refractivity contribution in [3.63, 3.8) is 0 Å². The summed E-state index contributed by atoms with van der Waals surface area (Å²) in [5.41, 5.74) is 0.587. The second-order valence-corrected chi connectivity index (χ2v) is 9.30. The number of aromatic nitrogens is 5. The first-order valence-corrected chi connectivity index (χ1v) is 10.1. The zero-order valence-electron chi connectivity index (χ0n) is 14.9. The third kappa shape index (κ3) is 2.52. The van der Waals surface area contributed by atoms with Gasteiger partial charge in [0, 0.05) is 13.2 Å². The van der Waals surface area contributed by atoms with Crippen molar-refractivity contribution in [1.82, 2.24) is 29.9 Å². The molecular formula is C18H23BrN6O. The minimum absolute atomic E-state index is 0.0502. The molecule has 2 aromatic heterocycles. The molecule has 4 aliphatic rings. The highest BCUT2D eigenvalue weighted by atomic mass is 79.9. The highest BCUT2D eigenvalue weighted by Crippen LogP contribution is 2.64. The predicted octanol–water partition coefficient (Wildman–Crippen LogP) is 2.39. The predicted molar refractivity (Wildman–Crippen MR) is 97.9 cm³/mol. The van der Waals surface area contributed by atoms with E-state index in [9.17, 15) is 4.79 Å². The minimum atomic E-state index is -0.267. The molecule has 2 heterocycles. The Hall–Kier alpha value is -1.70. The fourth-order valence-corrected chi connectivity index (χ4v) is 6.40. The average Bonchev–Trinajstić information content (AvgIpc) is 3.20. The maximum absolute atomic E-state index is 13.3. The van der Waals surface area contributed by atoms with Gasteiger partial charge < -0.3 is 5.32 Å². The number of halogens is 1. The van der Waals surface area contributed by atoms with Gasteiger partial charge in [0.15, 0.2) is 0 Å². The van der Waals surface area contributed by atoms with Gasteiger partial charge in [0.25, 0.3) is 0 Å². The van der Waals surface area contributed by atoms with Crippen molar-refractivity contribution in [3.8, 4) is 0 Å². The minimum Gasteiger partial charge on any atom is -0.350 e. The topological polar surface area (TPSA) is 77.6 Å². The monoisotopic (exact) mass is 418 g/mol. The summed E-state index contributed by atoms with van der Waals surface area (Å²) in [7, 11) is 1.89. The first-order chi connectivity index (χ1) is 12.5. The normalized spacial score (nSPS) is 35.0. The van der Waals surface area contributed by atoms with Crippen LogP contribution in [0.1, 0.15) is 44.2 Å². The summed E-state index contributed by atoms with van der Waals surface area (Å²) >= 11 is 3.38. The van der Waals surface area contributed by atoms with Crippen LogP contribution in [0.15, 0.2) is 23.3 Å². The van der Waals surface area contributed by atoms with Gasteiger partial charge in [-0.25, -0.2) is 9.67 Å². The van der Waals surface area contributed by atoms with Gasteiger partial charge in [-0.1, -0.05) is 0 Å². The zero-order valence-corrected chi connectivity index (χ0v) is 16.4. The van der Waals surface area contributed by atoms with Crippen LogP contribution in [0.2, 0.25) is 0 Å². The quantitative estimate of drug-likeness (QED) is 0.826. The van der Waals surface area contributed by atoms with Crippen LogP contribution in [0.4, 0.5) is 0 Å². The fourth-order valence-electron chi connectivity index (χ4n) is 6.14. The lowest BCUT2D eigenvalue weighted by molar-refractivity contribution is -0.156. The molecule has 2 unspecified atom stereocenters. The summed E-state index contributed by atoms with van der Waals surface area (Å²) < 4.78 is 4.43. The number of hydrogen-bond donors (Lipinski definition) is 1. The van der Waals surface area contributed by atoms with E-state index in [-0.39, 0.29) is 16.9 Å². The van der Waals surface area contributed by atoms with Gasteiger partial charge in [-0.3, -0.25) is 9.48 Å². The molecule has 0 spiro atoms. The van der Waals surface area contributed by atoms with E-state index in [0.717, 1.165) is 37.8 Å². The van der Waals surface area contributed by atoms with Gasteiger partial charge in [-0.2, -0.15) is 5.10 Å². The van der Waals surface area contributed by atoms with E-state index in [2.05, 4.69) is 36.4 Å². The number of amides is 1. The molecule has 138 valence electrons. The summed E-state index contributed by atoms with van der Waals surface area (Å²) in [6, 6.07) is 1.95. The Morgan fingerprint density at radius 1 is 1.31 bits per heavy atom. The number of nitrogens with one attached hydrogen (secondary N) is 1. The Labute approximate surface area is 160 Å². The van der Waals surface area contributed by atoms with Gasteiger partial charge in [-0.05, 0) is 72.4 Å². The highest BCUT2D eigenvalue weighted by Gasteiger charge is 2.61. The molecule has 1 N–H and O–H groups in total. The molecule has 6 rings (SSSR count). The van der Waals surface area contributed by atoms with E-state index in [1.54, 1.807) is 4.68 Å². The largest absolute Gasteiger partial charge is 0.350 e. The van der Waals surface area contributed by atoms with Crippen molar-refractivity contribution in [2.45, 2.75) is 50.6 Å². The molecular weight excluding hydrogens is 396 g/mol. The van der Waals surface area contributed by atoms with Crippen LogP contribution in [0.5, 0.6) is 0 Å². The van der Waals surface area contributed by atoms with Crippen molar-refractivity contribution in [3.05, 3.63) is 29.0 Å². The van der Waals surface area contributed by atoms with Gasteiger partial charge in [0.2, 0.25) is 10.6 Å². The first kappa shape index (κ1) is 16.5. The molecule has 2 atom stereocenters. The number of nitrogens with zero attached hydrogens (tertiary/aromatic N) is 5. The van der Waals surface area contributed by atoms with Gasteiger partial charge in [-0.15, -0.1) is 5.10 Å². The van der Waals surface area contributed by atoms with Crippen LogP contribution in [0.3, 0.4) is 0 Å². The third-order valence-electron chi connectivity index (χ3n) is 6.66. The van der Waals surface area contributed by atoms with Crippen LogP contribution in [-0.2, 0) is 23.9 Å². The molecule has 4 bridgehead atoms. The van der Waals surface area contributed by atoms with Crippen LogP contribution >= 0.6 is 15.9 Å². The number of carbonyl (C=O) groups excluding carboxylic acids is 1. The lowest BCUT2D eigenvalue weighted by Crippen LogP contribution is -2.61. The van der Waals surface area contributed by atoms with Crippen LogP contribution < -0.4 is 5.32 Å². The molecule has 26 heavy (non-hydrogen) atoms. The Kier molecular flexibility index (Phi) is 3.58. The van der Waals surface area contributed by atoms with Crippen molar-refractivity contribution < 1.29 is 4.79 Å².